The van der Waals surface area contributed by atoms with Crippen LogP contribution in [0.25, 0.3) is 11.0 Å². The standard InChI is InChI=1S/C8H6ClNO2/c9-4-1-2-5(10)8-7(4)6(11)3-12-8/h1-3,11H,10H2. The summed E-state index contributed by atoms with van der Waals surface area (Å²) < 4.78 is 5.00. The molecule has 0 atom stereocenters. The Kier molecular flexibility index (Phi) is 1.41. The van der Waals surface area contributed by atoms with Crippen LogP contribution in [0.1, 0.15) is 0 Å². The monoisotopic (exact) mass is 183 g/mol. The lowest BCUT2D eigenvalue weighted by atomic mass is 10.2. The van der Waals surface area contributed by atoms with E-state index in [1.165, 1.54) is 6.26 Å². The quantitative estimate of drug-likeness (QED) is 0.617. The Labute approximate surface area is 73.3 Å². The number of nitrogens with two attached hydrogens (primary N) is 1. The van der Waals surface area contributed by atoms with Crippen LogP contribution in [0, 0.1) is 0 Å². The molecule has 0 amide bonds. The molecule has 0 radical (unpaired) electrons. The molecule has 1 heterocycles. The van der Waals surface area contributed by atoms with Crippen molar-refractivity contribution in [3.05, 3.63) is 23.4 Å². The van der Waals surface area contributed by atoms with E-state index >= 15 is 0 Å². The highest BCUT2D eigenvalue weighted by Crippen LogP contribution is 2.36. The minimum Gasteiger partial charge on any atom is -0.504 e. The maximum Gasteiger partial charge on any atom is 0.163 e. The van der Waals surface area contributed by atoms with Gasteiger partial charge in [-0.15, -0.1) is 0 Å². The molecule has 1 aromatic heterocycles. The Morgan fingerprint density at radius 1 is 1.42 bits per heavy atom. The first-order valence-electron chi connectivity index (χ1n) is 3.34. The van der Waals surface area contributed by atoms with Crippen LogP contribution < -0.4 is 5.73 Å². The summed E-state index contributed by atoms with van der Waals surface area (Å²) in [6, 6.07) is 3.25. The summed E-state index contributed by atoms with van der Waals surface area (Å²) in [5.41, 5.74) is 6.47. The Balaban J connectivity index is 2.98. The highest BCUT2D eigenvalue weighted by atomic mass is 35.5. The topological polar surface area (TPSA) is 59.4 Å². The fourth-order valence-electron chi connectivity index (χ4n) is 1.11. The summed E-state index contributed by atoms with van der Waals surface area (Å²) >= 11 is 5.80. The number of fused-ring (bicyclic) bond motifs is 1. The summed E-state index contributed by atoms with van der Waals surface area (Å²) in [5, 5.41) is 10.2. The Morgan fingerprint density at radius 3 is 2.83 bits per heavy atom. The Morgan fingerprint density at radius 2 is 2.17 bits per heavy atom. The van der Waals surface area contributed by atoms with Crippen molar-refractivity contribution in [2.45, 2.75) is 0 Å². The molecule has 0 unspecified atom stereocenters. The van der Waals surface area contributed by atoms with Crippen LogP contribution in [-0.4, -0.2) is 5.11 Å². The molecule has 3 N–H and O–H groups in total. The molecular weight excluding hydrogens is 178 g/mol. The highest BCUT2D eigenvalue weighted by molar-refractivity contribution is 6.36. The van der Waals surface area contributed by atoms with Crippen LogP contribution in [-0.2, 0) is 0 Å². The van der Waals surface area contributed by atoms with Crippen molar-refractivity contribution in [1.82, 2.24) is 0 Å². The average molecular weight is 184 g/mol. The molecule has 2 rings (SSSR count). The molecule has 1 aromatic carbocycles. The van der Waals surface area contributed by atoms with E-state index in [1.54, 1.807) is 12.1 Å². The van der Waals surface area contributed by atoms with Crippen molar-refractivity contribution in [1.29, 1.82) is 0 Å². The third-order valence-electron chi connectivity index (χ3n) is 1.68. The molecule has 0 bridgehead atoms. The van der Waals surface area contributed by atoms with Gasteiger partial charge < -0.3 is 15.3 Å². The van der Waals surface area contributed by atoms with Crippen LogP contribution in [0.15, 0.2) is 22.8 Å². The van der Waals surface area contributed by atoms with E-state index in [9.17, 15) is 5.11 Å². The number of hydrogen-bond acceptors (Lipinski definition) is 3. The molecule has 0 fully saturated rings. The summed E-state index contributed by atoms with van der Waals surface area (Å²) in [7, 11) is 0. The molecule has 0 saturated heterocycles. The minimum absolute atomic E-state index is 0.0160. The fraction of sp³-hybridized carbons (Fsp3) is 0. The largest absolute Gasteiger partial charge is 0.504 e. The number of anilines is 1. The fourth-order valence-corrected chi connectivity index (χ4v) is 1.36. The van der Waals surface area contributed by atoms with Gasteiger partial charge in [-0.05, 0) is 12.1 Å². The maximum atomic E-state index is 9.28. The van der Waals surface area contributed by atoms with Crippen LogP contribution in [0.5, 0.6) is 5.75 Å². The summed E-state index contributed by atoms with van der Waals surface area (Å²) in [5.74, 6) is 0.0160. The first kappa shape index (κ1) is 7.31. The molecule has 62 valence electrons. The van der Waals surface area contributed by atoms with Crippen LogP contribution in [0.2, 0.25) is 5.02 Å². The van der Waals surface area contributed by atoms with Gasteiger partial charge in [0, 0.05) is 0 Å². The van der Waals surface area contributed by atoms with Gasteiger partial charge in [0.25, 0.3) is 0 Å². The second kappa shape index (κ2) is 2.32. The third kappa shape index (κ3) is 0.833. The molecule has 0 aliphatic carbocycles. The predicted molar refractivity (Wildman–Crippen MR) is 47.3 cm³/mol. The lowest BCUT2D eigenvalue weighted by Gasteiger charge is -1.95. The summed E-state index contributed by atoms with van der Waals surface area (Å²) in [6.07, 6.45) is 1.22. The summed E-state index contributed by atoms with van der Waals surface area (Å²) in [4.78, 5) is 0. The highest BCUT2D eigenvalue weighted by Gasteiger charge is 2.10. The van der Waals surface area contributed by atoms with Crippen molar-refractivity contribution in [2.75, 3.05) is 5.73 Å². The maximum absolute atomic E-state index is 9.28. The van der Waals surface area contributed by atoms with Gasteiger partial charge >= 0.3 is 0 Å². The molecule has 0 aliphatic rings. The molecule has 4 heteroatoms. The second-order valence-electron chi connectivity index (χ2n) is 2.46. The normalized spacial score (nSPS) is 10.8. The third-order valence-corrected chi connectivity index (χ3v) is 2.00. The summed E-state index contributed by atoms with van der Waals surface area (Å²) in [6.45, 7) is 0. The van der Waals surface area contributed by atoms with E-state index in [0.29, 0.717) is 21.7 Å². The first-order valence-corrected chi connectivity index (χ1v) is 3.72. The van der Waals surface area contributed by atoms with Gasteiger partial charge in [-0.25, -0.2) is 0 Å². The van der Waals surface area contributed by atoms with E-state index in [0.717, 1.165) is 0 Å². The van der Waals surface area contributed by atoms with E-state index in [2.05, 4.69) is 0 Å². The molecule has 3 nitrogen and oxygen atoms in total. The van der Waals surface area contributed by atoms with E-state index in [4.69, 9.17) is 21.8 Å². The lowest BCUT2D eigenvalue weighted by Crippen LogP contribution is -1.83. The number of nitrogen functional groups attached to an aromatic ring is 1. The van der Waals surface area contributed by atoms with Gasteiger partial charge in [-0.1, -0.05) is 11.6 Å². The molecule has 12 heavy (non-hydrogen) atoms. The number of rotatable bonds is 0. The smallest absolute Gasteiger partial charge is 0.163 e. The lowest BCUT2D eigenvalue weighted by molar-refractivity contribution is 0.464. The number of benzene rings is 1. The van der Waals surface area contributed by atoms with Crippen molar-refractivity contribution in [2.24, 2.45) is 0 Å². The average Bonchev–Trinajstić information content (AvgIpc) is 2.42. The van der Waals surface area contributed by atoms with E-state index in [-0.39, 0.29) is 5.75 Å². The van der Waals surface area contributed by atoms with Crippen LogP contribution in [0.3, 0.4) is 0 Å². The molecule has 0 saturated carbocycles. The number of aromatic hydroxyl groups is 1. The van der Waals surface area contributed by atoms with Crippen molar-refractivity contribution < 1.29 is 9.52 Å². The first-order chi connectivity index (χ1) is 5.70. The second-order valence-corrected chi connectivity index (χ2v) is 2.87. The zero-order valence-electron chi connectivity index (χ0n) is 6.04. The predicted octanol–water partition coefficient (Wildman–Crippen LogP) is 2.37. The zero-order chi connectivity index (χ0) is 8.72. The molecule has 2 aromatic rings. The van der Waals surface area contributed by atoms with Gasteiger partial charge in [0.15, 0.2) is 11.3 Å². The van der Waals surface area contributed by atoms with Crippen molar-refractivity contribution in [3.8, 4) is 5.75 Å². The van der Waals surface area contributed by atoms with Gasteiger partial charge in [-0.2, -0.15) is 0 Å². The van der Waals surface area contributed by atoms with E-state index < -0.39 is 0 Å². The van der Waals surface area contributed by atoms with E-state index in [1.807, 2.05) is 0 Å². The van der Waals surface area contributed by atoms with Gasteiger partial charge in [0.1, 0.15) is 6.26 Å². The van der Waals surface area contributed by atoms with Crippen LogP contribution >= 0.6 is 11.6 Å². The molecular formula is C8H6ClNO2. The Bertz CT molecular complexity index is 436. The van der Waals surface area contributed by atoms with Gasteiger partial charge in [-0.3, -0.25) is 0 Å². The minimum atomic E-state index is 0.0160. The van der Waals surface area contributed by atoms with Crippen LogP contribution in [0.4, 0.5) is 5.69 Å². The molecule has 0 aliphatic heterocycles. The number of halogens is 1. The van der Waals surface area contributed by atoms with Gasteiger partial charge in [0.05, 0.1) is 16.1 Å². The number of hydrogen-bond donors (Lipinski definition) is 2. The Hall–Kier alpha value is -1.35. The number of furan rings is 1. The SMILES string of the molecule is Nc1ccc(Cl)c2c(O)coc12. The van der Waals surface area contributed by atoms with Gasteiger partial charge in [0.2, 0.25) is 0 Å². The molecule has 0 spiro atoms. The van der Waals surface area contributed by atoms with Crippen molar-refractivity contribution in [3.63, 3.8) is 0 Å². The zero-order valence-corrected chi connectivity index (χ0v) is 6.80. The van der Waals surface area contributed by atoms with Crippen molar-refractivity contribution >= 4 is 28.3 Å².